The number of phenolic OH excluding ortho intramolecular Hbond substituents is 1. The minimum absolute atomic E-state index is 0.106. The summed E-state index contributed by atoms with van der Waals surface area (Å²) in [5.74, 6) is 0.519. The van der Waals surface area contributed by atoms with Gasteiger partial charge in [-0.3, -0.25) is 4.79 Å². The molecule has 0 bridgehead atoms. The van der Waals surface area contributed by atoms with Crippen molar-refractivity contribution in [3.8, 4) is 11.5 Å². The van der Waals surface area contributed by atoms with Crippen molar-refractivity contribution in [1.82, 2.24) is 4.90 Å². The molecule has 0 saturated heterocycles. The number of carbonyl (C=O) groups is 1. The number of benzene rings is 1. The van der Waals surface area contributed by atoms with Crippen LogP contribution in [0, 0.1) is 0 Å². The Morgan fingerprint density at radius 1 is 1.48 bits per heavy atom. The molecule has 2 aliphatic heterocycles. The fourth-order valence-corrected chi connectivity index (χ4v) is 4.22. The fraction of sp³-hybridized carbons (Fsp3) is 0.500. The second kappa shape index (κ2) is 4.99. The van der Waals surface area contributed by atoms with Crippen molar-refractivity contribution in [3.05, 3.63) is 35.4 Å². The predicted octanol–water partition coefficient (Wildman–Crippen LogP) is 2.12. The zero-order valence-electron chi connectivity index (χ0n) is 13.4. The van der Waals surface area contributed by atoms with E-state index >= 15 is 0 Å². The van der Waals surface area contributed by atoms with E-state index in [0.717, 1.165) is 25.1 Å². The lowest BCUT2D eigenvalue weighted by Gasteiger charge is -2.36. The molecule has 1 aromatic rings. The summed E-state index contributed by atoms with van der Waals surface area (Å²) >= 11 is 0. The Hall–Kier alpha value is -2.01. The highest BCUT2D eigenvalue weighted by Gasteiger charge is 2.53. The molecule has 0 saturated carbocycles. The molecule has 1 spiro atoms. The Kier molecular flexibility index (Phi) is 3.17. The van der Waals surface area contributed by atoms with E-state index < -0.39 is 0 Å². The molecule has 0 aromatic heterocycles. The highest BCUT2D eigenvalue weighted by atomic mass is 16.5. The lowest BCUT2D eigenvalue weighted by molar-refractivity contribution is -0.145. The van der Waals surface area contributed by atoms with Gasteiger partial charge in [0.1, 0.15) is 12.2 Å². The van der Waals surface area contributed by atoms with Gasteiger partial charge in [0.15, 0.2) is 11.5 Å². The summed E-state index contributed by atoms with van der Waals surface area (Å²) in [6.07, 6.45) is 5.31. The van der Waals surface area contributed by atoms with Gasteiger partial charge in [-0.05, 0) is 37.7 Å². The predicted molar refractivity (Wildman–Crippen MR) is 84.5 cm³/mol. The summed E-state index contributed by atoms with van der Waals surface area (Å²) in [4.78, 5) is 13.5. The fourth-order valence-electron chi connectivity index (χ4n) is 4.22. The molecule has 4 rings (SSSR count). The van der Waals surface area contributed by atoms with Crippen LogP contribution in [0.15, 0.2) is 24.3 Å². The van der Waals surface area contributed by atoms with Crippen LogP contribution >= 0.6 is 0 Å². The molecular formula is C18H21NO4. The van der Waals surface area contributed by atoms with Gasteiger partial charge in [-0.2, -0.15) is 0 Å². The molecule has 0 radical (unpaired) electrons. The standard InChI is InChI=1S/C18H21NO4/c1-11(20)22-13-5-6-18-7-8-19(2)10-12-3-4-14(21)17(16(12)18)23-15(18)9-13/h3-6,13,15,21H,7-10H2,1-2H3/t13-,15-,18+/m0/s1. The average Bonchev–Trinajstić information content (AvgIpc) is 2.76. The number of ether oxygens (including phenoxy) is 2. The SMILES string of the molecule is CC(=O)O[C@H]1C=C[C@]23CCN(C)Cc4ccc(O)c(c42)O[C@H]3C1. The van der Waals surface area contributed by atoms with Crippen LogP contribution < -0.4 is 4.74 Å². The van der Waals surface area contributed by atoms with E-state index in [1.807, 2.05) is 12.1 Å². The normalized spacial score (nSPS) is 31.7. The van der Waals surface area contributed by atoms with Crippen LogP contribution in [-0.2, 0) is 21.5 Å². The number of nitrogens with zero attached hydrogens (tertiary/aromatic N) is 1. The maximum absolute atomic E-state index is 11.2. The monoisotopic (exact) mass is 315 g/mol. The van der Waals surface area contributed by atoms with Gasteiger partial charge in [0, 0.05) is 25.5 Å². The van der Waals surface area contributed by atoms with Gasteiger partial charge in [0.05, 0.1) is 5.41 Å². The smallest absolute Gasteiger partial charge is 0.303 e. The van der Waals surface area contributed by atoms with Crippen LogP contribution in [0.25, 0.3) is 0 Å². The zero-order valence-corrected chi connectivity index (χ0v) is 13.4. The molecule has 1 aliphatic carbocycles. The first kappa shape index (κ1) is 14.6. The van der Waals surface area contributed by atoms with Gasteiger partial charge in [-0.25, -0.2) is 0 Å². The van der Waals surface area contributed by atoms with Gasteiger partial charge >= 0.3 is 5.97 Å². The summed E-state index contributed by atoms with van der Waals surface area (Å²) in [5, 5.41) is 10.3. The van der Waals surface area contributed by atoms with E-state index in [4.69, 9.17) is 9.47 Å². The quantitative estimate of drug-likeness (QED) is 0.635. The van der Waals surface area contributed by atoms with Crippen LogP contribution in [0.2, 0.25) is 0 Å². The van der Waals surface area contributed by atoms with E-state index in [1.165, 1.54) is 12.5 Å². The molecule has 0 fully saturated rings. The lowest BCUT2D eigenvalue weighted by atomic mass is 9.69. The second-order valence-corrected chi connectivity index (χ2v) is 6.83. The number of rotatable bonds is 1. The van der Waals surface area contributed by atoms with Crippen LogP contribution in [0.3, 0.4) is 0 Å². The highest BCUT2D eigenvalue weighted by molar-refractivity contribution is 5.66. The largest absolute Gasteiger partial charge is 0.504 e. The summed E-state index contributed by atoms with van der Waals surface area (Å²) < 4.78 is 11.5. The molecule has 122 valence electrons. The topological polar surface area (TPSA) is 59.0 Å². The van der Waals surface area contributed by atoms with Gasteiger partial charge in [0.25, 0.3) is 0 Å². The molecule has 0 amide bonds. The molecular weight excluding hydrogens is 294 g/mol. The molecule has 23 heavy (non-hydrogen) atoms. The van der Waals surface area contributed by atoms with Crippen molar-refractivity contribution in [2.45, 2.75) is 43.9 Å². The molecule has 0 unspecified atom stereocenters. The van der Waals surface area contributed by atoms with E-state index in [0.29, 0.717) is 12.2 Å². The Labute approximate surface area is 135 Å². The van der Waals surface area contributed by atoms with Gasteiger partial charge in [-0.15, -0.1) is 0 Å². The number of esters is 1. The summed E-state index contributed by atoms with van der Waals surface area (Å²) in [6, 6.07) is 3.71. The third-order valence-electron chi connectivity index (χ3n) is 5.24. The van der Waals surface area contributed by atoms with Crippen LogP contribution in [-0.4, -0.2) is 41.8 Å². The number of phenols is 1. The van der Waals surface area contributed by atoms with E-state index in [-0.39, 0.29) is 29.3 Å². The summed E-state index contributed by atoms with van der Waals surface area (Å²) in [6.45, 7) is 3.23. The molecule has 2 heterocycles. The summed E-state index contributed by atoms with van der Waals surface area (Å²) in [5.41, 5.74) is 2.09. The lowest BCUT2D eigenvalue weighted by Crippen LogP contribution is -2.43. The van der Waals surface area contributed by atoms with E-state index in [1.54, 1.807) is 6.07 Å². The first-order chi connectivity index (χ1) is 11.0. The Bertz CT molecular complexity index is 699. The van der Waals surface area contributed by atoms with Crippen LogP contribution in [0.5, 0.6) is 11.5 Å². The van der Waals surface area contributed by atoms with Gasteiger partial charge in [-0.1, -0.05) is 12.1 Å². The molecule has 1 aromatic carbocycles. The van der Waals surface area contributed by atoms with Gasteiger partial charge in [0.2, 0.25) is 0 Å². The first-order valence-corrected chi connectivity index (χ1v) is 8.07. The molecule has 5 nitrogen and oxygen atoms in total. The Balaban J connectivity index is 1.82. The first-order valence-electron chi connectivity index (χ1n) is 8.07. The van der Waals surface area contributed by atoms with Crippen molar-refractivity contribution in [3.63, 3.8) is 0 Å². The average molecular weight is 315 g/mol. The molecule has 3 atom stereocenters. The summed E-state index contributed by atoms with van der Waals surface area (Å²) in [7, 11) is 2.11. The van der Waals surface area contributed by atoms with Crippen LogP contribution in [0.4, 0.5) is 0 Å². The molecule has 1 N–H and O–H groups in total. The highest BCUT2D eigenvalue weighted by Crippen LogP contribution is 2.55. The van der Waals surface area contributed by atoms with Crippen LogP contribution in [0.1, 0.15) is 30.9 Å². The van der Waals surface area contributed by atoms with Crippen molar-refractivity contribution < 1.29 is 19.4 Å². The number of hydrogen-bond donors (Lipinski definition) is 1. The zero-order chi connectivity index (χ0) is 16.2. The maximum atomic E-state index is 11.2. The van der Waals surface area contributed by atoms with E-state index in [9.17, 15) is 9.90 Å². The number of aromatic hydroxyl groups is 1. The van der Waals surface area contributed by atoms with Gasteiger partial charge < -0.3 is 19.5 Å². The molecule has 5 heteroatoms. The number of hydrogen-bond acceptors (Lipinski definition) is 5. The second-order valence-electron chi connectivity index (χ2n) is 6.83. The number of carbonyl (C=O) groups excluding carboxylic acids is 1. The van der Waals surface area contributed by atoms with Crippen molar-refractivity contribution in [1.29, 1.82) is 0 Å². The maximum Gasteiger partial charge on any atom is 0.303 e. The van der Waals surface area contributed by atoms with E-state index in [2.05, 4.69) is 18.0 Å². The minimum Gasteiger partial charge on any atom is -0.504 e. The Morgan fingerprint density at radius 2 is 2.30 bits per heavy atom. The third-order valence-corrected chi connectivity index (χ3v) is 5.24. The van der Waals surface area contributed by atoms with Crippen molar-refractivity contribution >= 4 is 5.97 Å². The van der Waals surface area contributed by atoms with Crippen molar-refractivity contribution in [2.75, 3.05) is 13.6 Å². The minimum atomic E-state index is -0.282. The third kappa shape index (κ3) is 2.14. The molecule has 3 aliphatic rings. The van der Waals surface area contributed by atoms with Crippen molar-refractivity contribution in [2.24, 2.45) is 0 Å². The Morgan fingerprint density at radius 3 is 3.09 bits per heavy atom.